The van der Waals surface area contributed by atoms with Gasteiger partial charge in [0.05, 0.1) is 10.6 Å². The van der Waals surface area contributed by atoms with Gasteiger partial charge in [0, 0.05) is 31.5 Å². The van der Waals surface area contributed by atoms with E-state index in [0.29, 0.717) is 24.7 Å². The number of aromatic nitrogens is 4. The van der Waals surface area contributed by atoms with Crippen LogP contribution in [-0.4, -0.2) is 38.7 Å². The zero-order valence-corrected chi connectivity index (χ0v) is 13.7. The molecule has 0 saturated heterocycles. The predicted octanol–water partition coefficient (Wildman–Crippen LogP) is 2.30. The Labute approximate surface area is 147 Å². The minimum absolute atomic E-state index is 0.0742. The first-order chi connectivity index (χ1) is 12.1. The maximum absolute atomic E-state index is 13.0. The first-order valence-electron chi connectivity index (χ1n) is 7.42. The Balaban J connectivity index is 1.52. The molecule has 2 N–H and O–H groups in total. The Morgan fingerprint density at radius 2 is 2.12 bits per heavy atom. The third-order valence-corrected chi connectivity index (χ3v) is 3.60. The zero-order chi connectivity index (χ0) is 17.6. The van der Waals surface area contributed by atoms with Crippen LogP contribution in [0.5, 0.6) is 0 Å². The third kappa shape index (κ3) is 4.30. The highest BCUT2D eigenvalue weighted by molar-refractivity contribution is 6.33. The van der Waals surface area contributed by atoms with Gasteiger partial charge in [-0.15, -0.1) is 0 Å². The summed E-state index contributed by atoms with van der Waals surface area (Å²) >= 11 is 5.86. The SMILES string of the molecule is O=C(NCCNc1cc(-n2cccn2)ncn1)c1ccc(F)cc1Cl. The number of hydrogen-bond donors (Lipinski definition) is 2. The highest BCUT2D eigenvalue weighted by Gasteiger charge is 2.10. The maximum atomic E-state index is 13.0. The Kier molecular flexibility index (Phi) is 5.20. The average Bonchev–Trinajstić information content (AvgIpc) is 3.13. The quantitative estimate of drug-likeness (QED) is 0.659. The summed E-state index contributed by atoms with van der Waals surface area (Å²) in [6.07, 6.45) is 4.86. The monoisotopic (exact) mass is 360 g/mol. The van der Waals surface area contributed by atoms with Crippen molar-refractivity contribution in [2.75, 3.05) is 18.4 Å². The number of halogens is 2. The lowest BCUT2D eigenvalue weighted by atomic mass is 10.2. The fourth-order valence-corrected chi connectivity index (χ4v) is 2.36. The molecule has 0 fully saturated rings. The van der Waals surface area contributed by atoms with Crippen molar-refractivity contribution >= 4 is 23.3 Å². The summed E-state index contributed by atoms with van der Waals surface area (Å²) in [4.78, 5) is 20.3. The summed E-state index contributed by atoms with van der Waals surface area (Å²) in [6.45, 7) is 0.785. The van der Waals surface area contributed by atoms with E-state index in [9.17, 15) is 9.18 Å². The second-order valence-corrected chi connectivity index (χ2v) is 5.43. The molecule has 0 unspecified atom stereocenters. The van der Waals surface area contributed by atoms with Gasteiger partial charge >= 0.3 is 0 Å². The number of hydrogen-bond acceptors (Lipinski definition) is 5. The van der Waals surface area contributed by atoms with Crippen molar-refractivity contribution in [1.82, 2.24) is 25.1 Å². The van der Waals surface area contributed by atoms with Crippen LogP contribution < -0.4 is 10.6 Å². The summed E-state index contributed by atoms with van der Waals surface area (Å²) < 4.78 is 14.6. The molecule has 0 aliphatic heterocycles. The van der Waals surface area contributed by atoms with Crippen molar-refractivity contribution < 1.29 is 9.18 Å². The molecular weight excluding hydrogens is 347 g/mol. The van der Waals surface area contributed by atoms with Crippen molar-refractivity contribution in [2.45, 2.75) is 0 Å². The van der Waals surface area contributed by atoms with Gasteiger partial charge in [-0.05, 0) is 24.3 Å². The van der Waals surface area contributed by atoms with Crippen molar-refractivity contribution in [2.24, 2.45) is 0 Å². The summed E-state index contributed by atoms with van der Waals surface area (Å²) in [6, 6.07) is 7.18. The first kappa shape index (κ1) is 16.8. The van der Waals surface area contributed by atoms with E-state index >= 15 is 0 Å². The summed E-state index contributed by atoms with van der Waals surface area (Å²) in [7, 11) is 0. The molecule has 1 aromatic carbocycles. The van der Waals surface area contributed by atoms with Gasteiger partial charge in [0.25, 0.3) is 5.91 Å². The van der Waals surface area contributed by atoms with E-state index in [1.807, 2.05) is 0 Å². The molecule has 0 atom stereocenters. The maximum Gasteiger partial charge on any atom is 0.252 e. The number of amides is 1. The minimum atomic E-state index is -0.486. The molecule has 0 bridgehead atoms. The van der Waals surface area contributed by atoms with E-state index < -0.39 is 5.82 Å². The van der Waals surface area contributed by atoms with Gasteiger partial charge in [0.2, 0.25) is 0 Å². The van der Waals surface area contributed by atoms with Crippen molar-refractivity contribution in [3.63, 3.8) is 0 Å². The lowest BCUT2D eigenvalue weighted by Crippen LogP contribution is -2.29. The smallest absolute Gasteiger partial charge is 0.252 e. The molecule has 2 aromatic heterocycles. The highest BCUT2D eigenvalue weighted by Crippen LogP contribution is 2.16. The van der Waals surface area contributed by atoms with Crippen LogP contribution in [-0.2, 0) is 0 Å². The summed E-state index contributed by atoms with van der Waals surface area (Å²) in [5.41, 5.74) is 0.228. The van der Waals surface area contributed by atoms with Crippen molar-refractivity contribution in [1.29, 1.82) is 0 Å². The molecule has 0 saturated carbocycles. The number of rotatable bonds is 6. The molecule has 0 radical (unpaired) electrons. The Morgan fingerprint density at radius 3 is 2.88 bits per heavy atom. The largest absolute Gasteiger partial charge is 0.368 e. The van der Waals surface area contributed by atoms with Gasteiger partial charge in [-0.25, -0.2) is 19.0 Å². The van der Waals surface area contributed by atoms with E-state index in [0.717, 1.165) is 6.07 Å². The number of benzene rings is 1. The molecule has 9 heteroatoms. The van der Waals surface area contributed by atoms with Crippen molar-refractivity contribution in [3.8, 4) is 5.82 Å². The normalized spacial score (nSPS) is 10.5. The van der Waals surface area contributed by atoms with Crippen LogP contribution in [0.3, 0.4) is 0 Å². The van der Waals surface area contributed by atoms with E-state index in [1.54, 1.807) is 29.2 Å². The second-order valence-electron chi connectivity index (χ2n) is 5.02. The molecular formula is C16H14ClFN6O. The number of anilines is 1. The number of carbonyl (C=O) groups excluding carboxylic acids is 1. The topological polar surface area (TPSA) is 84.7 Å². The predicted molar refractivity (Wildman–Crippen MR) is 91.4 cm³/mol. The van der Waals surface area contributed by atoms with Gasteiger partial charge in [-0.1, -0.05) is 11.6 Å². The van der Waals surface area contributed by atoms with Crippen LogP contribution in [0, 0.1) is 5.82 Å². The van der Waals surface area contributed by atoms with Crippen LogP contribution in [0.15, 0.2) is 49.1 Å². The summed E-state index contributed by atoms with van der Waals surface area (Å²) in [5.74, 6) is 0.380. The van der Waals surface area contributed by atoms with E-state index in [1.165, 1.54) is 18.5 Å². The molecule has 128 valence electrons. The van der Waals surface area contributed by atoms with Crippen LogP contribution in [0.1, 0.15) is 10.4 Å². The zero-order valence-electron chi connectivity index (χ0n) is 13.0. The van der Waals surface area contributed by atoms with Gasteiger partial charge in [0.1, 0.15) is 18.0 Å². The fraction of sp³-hybridized carbons (Fsp3) is 0.125. The lowest BCUT2D eigenvalue weighted by molar-refractivity contribution is 0.0955. The molecule has 3 rings (SSSR count). The van der Waals surface area contributed by atoms with Crippen molar-refractivity contribution in [3.05, 3.63) is 65.5 Å². The van der Waals surface area contributed by atoms with Crippen LogP contribution in [0.25, 0.3) is 5.82 Å². The highest BCUT2D eigenvalue weighted by atomic mass is 35.5. The van der Waals surface area contributed by atoms with Crippen LogP contribution in [0.4, 0.5) is 10.2 Å². The van der Waals surface area contributed by atoms with E-state index in [4.69, 9.17) is 11.6 Å². The molecule has 0 aliphatic rings. The Bertz CT molecular complexity index is 871. The first-order valence-corrected chi connectivity index (χ1v) is 7.80. The Hall–Kier alpha value is -3.00. The molecule has 2 heterocycles. The fourth-order valence-electron chi connectivity index (χ4n) is 2.11. The number of nitrogens with zero attached hydrogens (tertiary/aromatic N) is 4. The molecule has 1 amide bonds. The minimum Gasteiger partial charge on any atom is -0.368 e. The molecule has 0 spiro atoms. The van der Waals surface area contributed by atoms with Gasteiger partial charge in [-0.2, -0.15) is 5.10 Å². The molecule has 0 aliphatic carbocycles. The average molecular weight is 361 g/mol. The summed E-state index contributed by atoms with van der Waals surface area (Å²) in [5, 5.41) is 9.95. The van der Waals surface area contributed by atoms with E-state index in [2.05, 4.69) is 25.7 Å². The Morgan fingerprint density at radius 1 is 1.24 bits per heavy atom. The van der Waals surface area contributed by atoms with E-state index in [-0.39, 0.29) is 16.5 Å². The lowest BCUT2D eigenvalue weighted by Gasteiger charge is -2.09. The van der Waals surface area contributed by atoms with Crippen LogP contribution >= 0.6 is 11.6 Å². The standard InChI is InChI=1S/C16H14ClFN6O/c17-13-8-11(18)2-3-12(13)16(25)20-6-5-19-14-9-15(22-10-21-14)24-7-1-4-23-24/h1-4,7-10H,5-6H2,(H,20,25)(H,19,21,22). The number of carbonyl (C=O) groups is 1. The van der Waals surface area contributed by atoms with Gasteiger partial charge < -0.3 is 10.6 Å². The second kappa shape index (κ2) is 7.71. The number of nitrogens with one attached hydrogen (secondary N) is 2. The molecule has 25 heavy (non-hydrogen) atoms. The molecule has 7 nitrogen and oxygen atoms in total. The molecule has 3 aromatic rings. The van der Waals surface area contributed by atoms with Gasteiger partial charge in [-0.3, -0.25) is 4.79 Å². The van der Waals surface area contributed by atoms with Crippen LogP contribution in [0.2, 0.25) is 5.02 Å². The third-order valence-electron chi connectivity index (χ3n) is 3.28. The van der Waals surface area contributed by atoms with Gasteiger partial charge in [0.15, 0.2) is 5.82 Å².